The summed E-state index contributed by atoms with van der Waals surface area (Å²) in [6, 6.07) is 8.40. The molecule has 0 radical (unpaired) electrons. The third-order valence-electron chi connectivity index (χ3n) is 4.78. The van der Waals surface area contributed by atoms with Crippen molar-refractivity contribution in [1.29, 1.82) is 0 Å². The van der Waals surface area contributed by atoms with Crippen LogP contribution < -0.4 is 0 Å². The monoisotopic (exact) mass is 404 g/mol. The van der Waals surface area contributed by atoms with Gasteiger partial charge < -0.3 is 4.57 Å². The highest BCUT2D eigenvalue weighted by Gasteiger charge is 2.21. The zero-order valence-electron chi connectivity index (χ0n) is 14.7. The van der Waals surface area contributed by atoms with Crippen molar-refractivity contribution in [2.45, 2.75) is 56.0 Å². The topological polar surface area (TPSA) is 43.6 Å². The molecule has 0 unspecified atom stereocenters. The molecule has 0 spiro atoms. The number of aromatic nitrogens is 4. The van der Waals surface area contributed by atoms with E-state index in [2.05, 4.69) is 27.1 Å². The standard InChI is InChI=1S/C19H21ClN4S2/c1-13-22-23-19(24(13)15-7-3-2-4-8-15)26-12-14-11-25-18(21-14)16-9-5-6-10-17(16)20/h5-6,9-11,15H,2-4,7-8,12H2,1H3. The molecule has 0 atom stereocenters. The maximum atomic E-state index is 6.29. The van der Waals surface area contributed by atoms with Gasteiger partial charge in [-0.3, -0.25) is 0 Å². The molecule has 2 heterocycles. The zero-order valence-corrected chi connectivity index (χ0v) is 17.1. The number of halogens is 1. The Morgan fingerprint density at radius 2 is 2.00 bits per heavy atom. The molecular weight excluding hydrogens is 384 g/mol. The first kappa shape index (κ1) is 18.0. The molecule has 2 aromatic heterocycles. The predicted molar refractivity (Wildman–Crippen MR) is 109 cm³/mol. The van der Waals surface area contributed by atoms with Crippen molar-refractivity contribution < 1.29 is 0 Å². The molecule has 0 bridgehead atoms. The lowest BCUT2D eigenvalue weighted by Crippen LogP contribution is -2.15. The van der Waals surface area contributed by atoms with Gasteiger partial charge >= 0.3 is 0 Å². The van der Waals surface area contributed by atoms with Gasteiger partial charge in [-0.2, -0.15) is 0 Å². The van der Waals surface area contributed by atoms with Crippen molar-refractivity contribution >= 4 is 34.7 Å². The molecule has 0 amide bonds. The molecule has 1 aromatic carbocycles. The number of nitrogens with zero attached hydrogens (tertiary/aromatic N) is 4. The van der Waals surface area contributed by atoms with Gasteiger partial charge in [0, 0.05) is 22.7 Å². The van der Waals surface area contributed by atoms with Gasteiger partial charge in [-0.1, -0.05) is 60.8 Å². The van der Waals surface area contributed by atoms with E-state index in [9.17, 15) is 0 Å². The molecule has 0 saturated heterocycles. The van der Waals surface area contributed by atoms with Gasteiger partial charge in [0.1, 0.15) is 10.8 Å². The number of hydrogen-bond donors (Lipinski definition) is 0. The number of thioether (sulfide) groups is 1. The fourth-order valence-corrected chi connectivity index (χ4v) is 5.67. The Kier molecular flexibility index (Phi) is 5.62. The Morgan fingerprint density at radius 3 is 2.81 bits per heavy atom. The number of thiazole rings is 1. The highest BCUT2D eigenvalue weighted by Crippen LogP contribution is 2.35. The third kappa shape index (κ3) is 3.82. The summed E-state index contributed by atoms with van der Waals surface area (Å²) < 4.78 is 2.34. The van der Waals surface area contributed by atoms with Gasteiger partial charge in [0.15, 0.2) is 5.16 Å². The lowest BCUT2D eigenvalue weighted by atomic mass is 9.95. The minimum absolute atomic E-state index is 0.551. The second kappa shape index (κ2) is 8.11. The van der Waals surface area contributed by atoms with Crippen molar-refractivity contribution in [1.82, 2.24) is 19.7 Å². The minimum atomic E-state index is 0.551. The fourth-order valence-electron chi connectivity index (χ4n) is 3.48. The largest absolute Gasteiger partial charge is 0.303 e. The summed E-state index contributed by atoms with van der Waals surface area (Å²) in [5.74, 6) is 1.82. The molecule has 4 rings (SSSR count). The summed E-state index contributed by atoms with van der Waals surface area (Å²) in [5.41, 5.74) is 2.06. The van der Waals surface area contributed by atoms with Gasteiger partial charge in [0.25, 0.3) is 0 Å². The molecule has 0 N–H and O–H groups in total. The average Bonchev–Trinajstić information content (AvgIpc) is 3.28. The first-order valence-electron chi connectivity index (χ1n) is 8.96. The normalized spacial score (nSPS) is 15.5. The molecule has 1 saturated carbocycles. The average molecular weight is 405 g/mol. The van der Waals surface area contributed by atoms with Crippen LogP contribution in [0.15, 0.2) is 34.8 Å². The van der Waals surface area contributed by atoms with Crippen LogP contribution in [0.2, 0.25) is 5.02 Å². The molecule has 1 aliphatic carbocycles. The first-order chi connectivity index (χ1) is 12.7. The molecule has 0 aliphatic heterocycles. The van der Waals surface area contributed by atoms with Crippen molar-refractivity contribution in [2.24, 2.45) is 0 Å². The molecule has 7 heteroatoms. The van der Waals surface area contributed by atoms with Crippen LogP contribution in [0.25, 0.3) is 10.6 Å². The van der Waals surface area contributed by atoms with E-state index in [1.165, 1.54) is 32.1 Å². The van der Waals surface area contributed by atoms with E-state index in [0.717, 1.165) is 38.0 Å². The quantitative estimate of drug-likeness (QED) is 0.477. The van der Waals surface area contributed by atoms with E-state index in [-0.39, 0.29) is 0 Å². The number of benzene rings is 1. The van der Waals surface area contributed by atoms with E-state index in [0.29, 0.717) is 6.04 Å². The Bertz CT molecular complexity index is 883. The van der Waals surface area contributed by atoms with E-state index in [1.54, 1.807) is 23.1 Å². The van der Waals surface area contributed by atoms with Crippen LogP contribution in [0.4, 0.5) is 0 Å². The second-order valence-electron chi connectivity index (χ2n) is 6.60. The summed E-state index contributed by atoms with van der Waals surface area (Å²) >= 11 is 9.66. The summed E-state index contributed by atoms with van der Waals surface area (Å²) in [7, 11) is 0. The molecule has 3 aromatic rings. The molecule has 1 aliphatic rings. The molecule has 1 fully saturated rings. The highest BCUT2D eigenvalue weighted by molar-refractivity contribution is 7.98. The lowest BCUT2D eigenvalue weighted by molar-refractivity contribution is 0.332. The van der Waals surface area contributed by atoms with E-state index in [4.69, 9.17) is 16.6 Å². The minimum Gasteiger partial charge on any atom is -0.303 e. The Hall–Kier alpha value is -1.37. The predicted octanol–water partition coefficient (Wildman–Crippen LogP) is 6.16. The summed E-state index contributed by atoms with van der Waals surface area (Å²) in [4.78, 5) is 4.76. The maximum Gasteiger partial charge on any atom is 0.191 e. The van der Waals surface area contributed by atoms with Crippen LogP contribution in [0.3, 0.4) is 0 Å². The summed E-state index contributed by atoms with van der Waals surface area (Å²) in [5, 5.41) is 13.6. The van der Waals surface area contributed by atoms with Gasteiger partial charge in [0.05, 0.1) is 10.7 Å². The number of hydrogen-bond acceptors (Lipinski definition) is 5. The van der Waals surface area contributed by atoms with Crippen molar-refractivity contribution in [3.8, 4) is 10.6 Å². The number of rotatable bonds is 5. The van der Waals surface area contributed by atoms with Gasteiger partial charge in [-0.25, -0.2) is 4.98 Å². The van der Waals surface area contributed by atoms with Crippen LogP contribution in [0.5, 0.6) is 0 Å². The molecular formula is C19H21ClN4S2. The van der Waals surface area contributed by atoms with Gasteiger partial charge in [-0.15, -0.1) is 21.5 Å². The van der Waals surface area contributed by atoms with E-state index < -0.39 is 0 Å². The third-order valence-corrected chi connectivity index (χ3v) is 7.01. The van der Waals surface area contributed by atoms with Crippen molar-refractivity contribution in [3.63, 3.8) is 0 Å². The van der Waals surface area contributed by atoms with E-state index >= 15 is 0 Å². The maximum absolute atomic E-state index is 6.29. The summed E-state index contributed by atoms with van der Waals surface area (Å²) in [6.07, 6.45) is 6.43. The van der Waals surface area contributed by atoms with Crippen LogP contribution in [0, 0.1) is 6.92 Å². The van der Waals surface area contributed by atoms with Gasteiger partial charge in [-0.05, 0) is 25.8 Å². The molecule has 26 heavy (non-hydrogen) atoms. The first-order valence-corrected chi connectivity index (χ1v) is 11.2. The Labute approximate surface area is 167 Å². The molecule has 136 valence electrons. The SMILES string of the molecule is Cc1nnc(SCc2csc(-c3ccccc3Cl)n2)n1C1CCCCC1. The van der Waals surface area contributed by atoms with Crippen LogP contribution in [0.1, 0.15) is 49.7 Å². The molecule has 4 nitrogen and oxygen atoms in total. The van der Waals surface area contributed by atoms with Crippen molar-refractivity contribution in [2.75, 3.05) is 0 Å². The van der Waals surface area contributed by atoms with E-state index in [1.807, 2.05) is 24.3 Å². The Morgan fingerprint density at radius 1 is 1.19 bits per heavy atom. The smallest absolute Gasteiger partial charge is 0.191 e. The summed E-state index contributed by atoms with van der Waals surface area (Å²) in [6.45, 7) is 2.06. The number of aryl methyl sites for hydroxylation is 1. The van der Waals surface area contributed by atoms with Crippen molar-refractivity contribution in [3.05, 3.63) is 46.2 Å². The lowest BCUT2D eigenvalue weighted by Gasteiger charge is -2.24. The zero-order chi connectivity index (χ0) is 17.9. The second-order valence-corrected chi connectivity index (χ2v) is 8.81. The van der Waals surface area contributed by atoms with Crippen LogP contribution >= 0.6 is 34.7 Å². The van der Waals surface area contributed by atoms with Crippen LogP contribution in [-0.4, -0.2) is 19.7 Å². The fraction of sp³-hybridized carbons (Fsp3) is 0.421. The Balaban J connectivity index is 1.48. The van der Waals surface area contributed by atoms with Crippen LogP contribution in [-0.2, 0) is 5.75 Å². The van der Waals surface area contributed by atoms with Gasteiger partial charge in [0.2, 0.25) is 0 Å². The highest BCUT2D eigenvalue weighted by atomic mass is 35.5.